The van der Waals surface area contributed by atoms with Gasteiger partial charge in [-0.05, 0) is 11.8 Å². The fourth-order valence-electron chi connectivity index (χ4n) is 1.47. The van der Waals surface area contributed by atoms with Crippen molar-refractivity contribution < 1.29 is 19.5 Å². The predicted molar refractivity (Wildman–Crippen MR) is 75.3 cm³/mol. The normalized spacial score (nSPS) is 12.4. The summed E-state index contributed by atoms with van der Waals surface area (Å²) in [6, 6.07) is -1.58. The van der Waals surface area contributed by atoms with Crippen molar-refractivity contribution >= 4 is 17.9 Å². The quantitative estimate of drug-likeness (QED) is 0.553. The highest BCUT2D eigenvalue weighted by atomic mass is 16.4. The molecule has 7 heteroatoms. The molecule has 0 aliphatic rings. The molecule has 0 bridgehead atoms. The smallest absolute Gasteiger partial charge is 0.326 e. The largest absolute Gasteiger partial charge is 0.480 e. The molecule has 116 valence electrons. The highest BCUT2D eigenvalue weighted by molar-refractivity contribution is 5.83. The van der Waals surface area contributed by atoms with Gasteiger partial charge in [0.15, 0.2) is 0 Å². The third-order valence-corrected chi connectivity index (χ3v) is 2.60. The standard InChI is InChI=1S/C13H25N3O4/c1-5-7-14-9(17)6-8-15-12(20)16-10(11(18)19)13(2,3)4/h10H,5-8H2,1-4H3,(H,14,17)(H,18,19)(H2,15,16,20). The number of rotatable bonds is 7. The van der Waals surface area contributed by atoms with E-state index in [2.05, 4.69) is 16.0 Å². The molecule has 0 heterocycles. The predicted octanol–water partition coefficient (Wildman–Crippen LogP) is 0.701. The Balaban J connectivity index is 4.10. The van der Waals surface area contributed by atoms with Gasteiger partial charge < -0.3 is 21.1 Å². The summed E-state index contributed by atoms with van der Waals surface area (Å²) in [7, 11) is 0. The van der Waals surface area contributed by atoms with E-state index in [1.165, 1.54) is 0 Å². The van der Waals surface area contributed by atoms with Gasteiger partial charge in [0.05, 0.1) is 0 Å². The molecular formula is C13H25N3O4. The summed E-state index contributed by atoms with van der Waals surface area (Å²) in [5.41, 5.74) is -0.596. The van der Waals surface area contributed by atoms with Crippen molar-refractivity contribution in [3.63, 3.8) is 0 Å². The SMILES string of the molecule is CCCNC(=O)CCNC(=O)NC(C(=O)O)C(C)(C)C. The Morgan fingerprint density at radius 2 is 1.70 bits per heavy atom. The first-order valence-corrected chi connectivity index (χ1v) is 6.72. The van der Waals surface area contributed by atoms with Crippen molar-refractivity contribution in [2.24, 2.45) is 5.41 Å². The van der Waals surface area contributed by atoms with Gasteiger partial charge in [-0.25, -0.2) is 9.59 Å². The van der Waals surface area contributed by atoms with Crippen LogP contribution in [0.25, 0.3) is 0 Å². The number of nitrogens with one attached hydrogen (secondary N) is 3. The number of carboxylic acids is 1. The van der Waals surface area contributed by atoms with Crippen molar-refractivity contribution in [2.45, 2.75) is 46.6 Å². The molecule has 1 unspecified atom stereocenters. The lowest BCUT2D eigenvalue weighted by atomic mass is 9.87. The first kappa shape index (κ1) is 18.2. The lowest BCUT2D eigenvalue weighted by molar-refractivity contribution is -0.141. The number of carbonyl (C=O) groups excluding carboxylic acids is 2. The molecule has 0 rings (SSSR count). The molecule has 0 aromatic heterocycles. The molecule has 0 fully saturated rings. The third-order valence-electron chi connectivity index (χ3n) is 2.60. The van der Waals surface area contributed by atoms with Crippen LogP contribution in [0.3, 0.4) is 0 Å². The molecule has 0 aromatic carbocycles. The van der Waals surface area contributed by atoms with Gasteiger partial charge in [0.25, 0.3) is 0 Å². The summed E-state index contributed by atoms with van der Waals surface area (Å²) in [6.45, 7) is 7.90. The Bertz CT molecular complexity index is 350. The van der Waals surface area contributed by atoms with Gasteiger partial charge in [-0.2, -0.15) is 0 Å². The van der Waals surface area contributed by atoms with E-state index in [1.807, 2.05) is 6.92 Å². The number of carbonyl (C=O) groups is 3. The van der Waals surface area contributed by atoms with Crippen molar-refractivity contribution in [2.75, 3.05) is 13.1 Å². The van der Waals surface area contributed by atoms with Gasteiger partial charge in [0, 0.05) is 19.5 Å². The van der Waals surface area contributed by atoms with Crippen LogP contribution < -0.4 is 16.0 Å². The zero-order chi connectivity index (χ0) is 15.8. The van der Waals surface area contributed by atoms with Crippen molar-refractivity contribution in [3.05, 3.63) is 0 Å². The van der Waals surface area contributed by atoms with E-state index in [0.717, 1.165) is 6.42 Å². The Hall–Kier alpha value is -1.79. The van der Waals surface area contributed by atoms with Crippen molar-refractivity contribution in [3.8, 4) is 0 Å². The molecule has 0 spiro atoms. The zero-order valence-corrected chi connectivity index (χ0v) is 12.6. The molecule has 1 atom stereocenters. The molecular weight excluding hydrogens is 262 g/mol. The van der Waals surface area contributed by atoms with Crippen LogP contribution in [0, 0.1) is 5.41 Å². The molecule has 0 aromatic rings. The number of carboxylic acid groups (broad SMARTS) is 1. The van der Waals surface area contributed by atoms with Crippen LogP contribution in [0.15, 0.2) is 0 Å². The molecule has 20 heavy (non-hydrogen) atoms. The van der Waals surface area contributed by atoms with E-state index < -0.39 is 23.5 Å². The zero-order valence-electron chi connectivity index (χ0n) is 12.6. The maximum absolute atomic E-state index is 11.6. The van der Waals surface area contributed by atoms with E-state index >= 15 is 0 Å². The Kier molecular flexibility index (Phi) is 7.64. The van der Waals surface area contributed by atoms with Crippen LogP contribution in [0.2, 0.25) is 0 Å². The summed E-state index contributed by atoms with van der Waals surface area (Å²) >= 11 is 0. The Labute approximate surface area is 119 Å². The second-order valence-corrected chi connectivity index (χ2v) is 5.64. The number of hydrogen-bond acceptors (Lipinski definition) is 3. The first-order chi connectivity index (χ1) is 9.18. The minimum Gasteiger partial charge on any atom is -0.480 e. The fourth-order valence-corrected chi connectivity index (χ4v) is 1.47. The van der Waals surface area contributed by atoms with E-state index in [9.17, 15) is 14.4 Å². The molecule has 0 saturated heterocycles. The minimum atomic E-state index is -1.09. The Morgan fingerprint density at radius 3 is 2.15 bits per heavy atom. The number of aliphatic carboxylic acids is 1. The average molecular weight is 287 g/mol. The van der Waals surface area contributed by atoms with Crippen LogP contribution in [0.4, 0.5) is 4.79 Å². The maximum atomic E-state index is 11.6. The topological polar surface area (TPSA) is 108 Å². The van der Waals surface area contributed by atoms with Crippen LogP contribution in [-0.4, -0.2) is 42.1 Å². The fraction of sp³-hybridized carbons (Fsp3) is 0.769. The second-order valence-electron chi connectivity index (χ2n) is 5.64. The summed E-state index contributed by atoms with van der Waals surface area (Å²) in [5, 5.41) is 16.6. The lowest BCUT2D eigenvalue weighted by Gasteiger charge is -2.27. The molecule has 0 aliphatic heterocycles. The van der Waals surface area contributed by atoms with Crippen LogP contribution in [0.1, 0.15) is 40.5 Å². The van der Waals surface area contributed by atoms with E-state index in [1.54, 1.807) is 20.8 Å². The third kappa shape index (κ3) is 7.60. The van der Waals surface area contributed by atoms with Crippen LogP contribution in [0.5, 0.6) is 0 Å². The van der Waals surface area contributed by atoms with Crippen LogP contribution >= 0.6 is 0 Å². The second kappa shape index (κ2) is 8.39. The monoisotopic (exact) mass is 287 g/mol. The van der Waals surface area contributed by atoms with Crippen molar-refractivity contribution in [1.82, 2.24) is 16.0 Å². The molecule has 0 saturated carbocycles. The van der Waals surface area contributed by atoms with Gasteiger partial charge in [-0.1, -0.05) is 27.7 Å². The summed E-state index contributed by atoms with van der Waals surface area (Å²) in [4.78, 5) is 34.0. The molecule has 4 N–H and O–H groups in total. The minimum absolute atomic E-state index is 0.141. The first-order valence-electron chi connectivity index (χ1n) is 6.72. The molecule has 7 nitrogen and oxygen atoms in total. The van der Waals surface area contributed by atoms with E-state index in [4.69, 9.17) is 5.11 Å². The summed E-state index contributed by atoms with van der Waals surface area (Å²) < 4.78 is 0. The van der Waals surface area contributed by atoms with Gasteiger partial charge in [0.2, 0.25) is 5.91 Å². The molecule has 0 radical (unpaired) electrons. The van der Waals surface area contributed by atoms with Gasteiger partial charge in [-0.15, -0.1) is 0 Å². The maximum Gasteiger partial charge on any atom is 0.326 e. The van der Waals surface area contributed by atoms with E-state index in [0.29, 0.717) is 6.54 Å². The number of amides is 3. The van der Waals surface area contributed by atoms with Gasteiger partial charge in [0.1, 0.15) is 6.04 Å². The summed E-state index contributed by atoms with van der Waals surface area (Å²) in [6.07, 6.45) is 1.02. The molecule has 0 aliphatic carbocycles. The average Bonchev–Trinajstić information content (AvgIpc) is 2.31. The highest BCUT2D eigenvalue weighted by Crippen LogP contribution is 2.19. The van der Waals surface area contributed by atoms with Crippen molar-refractivity contribution in [1.29, 1.82) is 0 Å². The number of hydrogen-bond donors (Lipinski definition) is 4. The number of urea groups is 1. The van der Waals surface area contributed by atoms with Crippen LogP contribution in [-0.2, 0) is 9.59 Å². The van der Waals surface area contributed by atoms with Gasteiger partial charge in [-0.3, -0.25) is 4.79 Å². The lowest BCUT2D eigenvalue weighted by Crippen LogP contribution is -2.52. The summed E-state index contributed by atoms with van der Waals surface area (Å²) in [5.74, 6) is -1.23. The highest BCUT2D eigenvalue weighted by Gasteiger charge is 2.32. The van der Waals surface area contributed by atoms with Gasteiger partial charge >= 0.3 is 12.0 Å². The van der Waals surface area contributed by atoms with E-state index in [-0.39, 0.29) is 18.9 Å². The Morgan fingerprint density at radius 1 is 1.10 bits per heavy atom. The molecule has 3 amide bonds.